The van der Waals surface area contributed by atoms with Gasteiger partial charge in [-0.15, -0.1) is 0 Å². The molecule has 1 N–H and O–H groups in total. The molecule has 0 spiro atoms. The molecule has 68 valence electrons. The molecule has 2 nitrogen and oxygen atoms in total. The Hall–Kier alpha value is -0.760. The van der Waals surface area contributed by atoms with Crippen LogP contribution in [0.15, 0.2) is 18.5 Å². The van der Waals surface area contributed by atoms with Crippen molar-refractivity contribution in [2.24, 2.45) is 7.05 Å². The first-order chi connectivity index (χ1) is 5.47. The maximum Gasteiger partial charge on any atom is 0.0225 e. The number of rotatable bonds is 2. The minimum Gasteiger partial charge on any atom is -0.357 e. The quantitative estimate of drug-likeness (QED) is 0.710. The van der Waals surface area contributed by atoms with Crippen molar-refractivity contribution in [1.82, 2.24) is 9.88 Å². The predicted molar refractivity (Wildman–Crippen MR) is 52.0 cm³/mol. The number of hydrogen-bond donors (Lipinski definition) is 1. The number of nitrogens with zero attached hydrogens (tertiary/aromatic N) is 1. The zero-order chi connectivity index (χ0) is 9.19. The molecule has 12 heavy (non-hydrogen) atoms. The van der Waals surface area contributed by atoms with Crippen LogP contribution in [0.2, 0.25) is 0 Å². The highest BCUT2D eigenvalue weighted by molar-refractivity contribution is 5.09. The fourth-order valence-electron chi connectivity index (χ4n) is 1.03. The van der Waals surface area contributed by atoms with Gasteiger partial charge in [0.2, 0.25) is 0 Å². The van der Waals surface area contributed by atoms with Gasteiger partial charge >= 0.3 is 0 Å². The fourth-order valence-corrected chi connectivity index (χ4v) is 1.03. The summed E-state index contributed by atoms with van der Waals surface area (Å²) in [7, 11) is 2.04. The van der Waals surface area contributed by atoms with E-state index >= 15 is 0 Å². The van der Waals surface area contributed by atoms with Crippen molar-refractivity contribution in [3.8, 4) is 0 Å². The zero-order valence-electron chi connectivity index (χ0n) is 8.39. The van der Waals surface area contributed by atoms with Crippen molar-refractivity contribution >= 4 is 0 Å². The third kappa shape index (κ3) is 3.09. The molecule has 1 aromatic heterocycles. The van der Waals surface area contributed by atoms with Crippen molar-refractivity contribution in [1.29, 1.82) is 0 Å². The molecule has 0 aliphatic rings. The molecule has 0 amide bonds. The Morgan fingerprint density at radius 1 is 1.42 bits per heavy atom. The van der Waals surface area contributed by atoms with E-state index < -0.39 is 0 Å². The second kappa shape index (κ2) is 3.31. The van der Waals surface area contributed by atoms with Crippen LogP contribution in [0.5, 0.6) is 0 Å². The Balaban J connectivity index is 2.44. The average molecular weight is 166 g/mol. The van der Waals surface area contributed by atoms with Crippen LogP contribution in [0.1, 0.15) is 26.3 Å². The summed E-state index contributed by atoms with van der Waals surface area (Å²) in [6, 6.07) is 2.14. The largest absolute Gasteiger partial charge is 0.357 e. The molecule has 0 fully saturated rings. The first-order valence-electron chi connectivity index (χ1n) is 4.33. The molecule has 2 heteroatoms. The van der Waals surface area contributed by atoms with Crippen LogP contribution >= 0.6 is 0 Å². The Morgan fingerprint density at radius 2 is 2.08 bits per heavy atom. The summed E-state index contributed by atoms with van der Waals surface area (Å²) in [5.74, 6) is 0. The topological polar surface area (TPSA) is 17.0 Å². The molecule has 0 aliphatic carbocycles. The molecular formula is C10H18N2. The summed E-state index contributed by atoms with van der Waals surface area (Å²) in [6.45, 7) is 7.48. The minimum atomic E-state index is 0.204. The normalized spacial score (nSPS) is 12.0. The van der Waals surface area contributed by atoms with E-state index in [2.05, 4.69) is 49.1 Å². The van der Waals surface area contributed by atoms with Gasteiger partial charge in [-0.3, -0.25) is 0 Å². The molecule has 1 heterocycles. The Bertz CT molecular complexity index is 243. The molecule has 1 aromatic rings. The van der Waals surface area contributed by atoms with E-state index in [4.69, 9.17) is 0 Å². The van der Waals surface area contributed by atoms with Gasteiger partial charge in [0.15, 0.2) is 0 Å². The molecule has 0 aromatic carbocycles. The van der Waals surface area contributed by atoms with Crippen LogP contribution in [0.4, 0.5) is 0 Å². The fraction of sp³-hybridized carbons (Fsp3) is 0.600. The van der Waals surface area contributed by atoms with E-state index in [1.165, 1.54) is 5.56 Å². The highest BCUT2D eigenvalue weighted by atomic mass is 15.0. The van der Waals surface area contributed by atoms with Crippen molar-refractivity contribution < 1.29 is 0 Å². The molecule has 0 saturated carbocycles. The molecule has 0 radical (unpaired) electrons. The van der Waals surface area contributed by atoms with E-state index in [1.54, 1.807) is 0 Å². The predicted octanol–water partition coefficient (Wildman–Crippen LogP) is 1.91. The lowest BCUT2D eigenvalue weighted by Gasteiger charge is -2.19. The summed E-state index contributed by atoms with van der Waals surface area (Å²) in [5, 5.41) is 3.44. The number of aromatic nitrogens is 1. The molecule has 0 aliphatic heterocycles. The van der Waals surface area contributed by atoms with Gasteiger partial charge in [0.25, 0.3) is 0 Å². The van der Waals surface area contributed by atoms with Crippen molar-refractivity contribution in [3.05, 3.63) is 24.0 Å². The van der Waals surface area contributed by atoms with Gasteiger partial charge in [-0.25, -0.2) is 0 Å². The Morgan fingerprint density at radius 3 is 2.50 bits per heavy atom. The average Bonchev–Trinajstić information content (AvgIpc) is 2.30. The Kier molecular flexibility index (Phi) is 2.58. The number of nitrogens with one attached hydrogen (secondary N) is 1. The third-order valence-corrected chi connectivity index (χ3v) is 1.72. The standard InChI is InChI=1S/C10H18N2/c1-10(2,3)11-7-9-5-6-12(4)8-9/h5-6,8,11H,7H2,1-4H3. The summed E-state index contributed by atoms with van der Waals surface area (Å²) in [5.41, 5.74) is 1.54. The summed E-state index contributed by atoms with van der Waals surface area (Å²) in [6.07, 6.45) is 4.21. The molecular weight excluding hydrogens is 148 g/mol. The SMILES string of the molecule is Cn1ccc(CNC(C)(C)C)c1. The van der Waals surface area contributed by atoms with E-state index in [9.17, 15) is 0 Å². The minimum absolute atomic E-state index is 0.204. The van der Waals surface area contributed by atoms with Crippen LogP contribution in [0, 0.1) is 0 Å². The first kappa shape index (κ1) is 9.33. The van der Waals surface area contributed by atoms with Crippen LogP contribution < -0.4 is 5.32 Å². The number of aryl methyl sites for hydroxylation is 1. The van der Waals surface area contributed by atoms with Gasteiger partial charge in [0.1, 0.15) is 0 Å². The summed E-state index contributed by atoms with van der Waals surface area (Å²) >= 11 is 0. The van der Waals surface area contributed by atoms with Crippen LogP contribution in [-0.4, -0.2) is 10.1 Å². The van der Waals surface area contributed by atoms with Crippen molar-refractivity contribution in [2.45, 2.75) is 32.9 Å². The van der Waals surface area contributed by atoms with E-state index in [0.29, 0.717) is 0 Å². The first-order valence-corrected chi connectivity index (χ1v) is 4.33. The maximum atomic E-state index is 3.44. The van der Waals surface area contributed by atoms with Gasteiger partial charge in [-0.1, -0.05) is 0 Å². The zero-order valence-corrected chi connectivity index (χ0v) is 8.39. The maximum absolute atomic E-state index is 3.44. The molecule has 0 saturated heterocycles. The van der Waals surface area contributed by atoms with Crippen LogP contribution in [0.25, 0.3) is 0 Å². The van der Waals surface area contributed by atoms with Crippen molar-refractivity contribution in [3.63, 3.8) is 0 Å². The van der Waals surface area contributed by atoms with E-state index in [0.717, 1.165) is 6.54 Å². The molecule has 1 rings (SSSR count). The Labute approximate surface area is 74.6 Å². The van der Waals surface area contributed by atoms with Crippen molar-refractivity contribution in [2.75, 3.05) is 0 Å². The third-order valence-electron chi connectivity index (χ3n) is 1.72. The van der Waals surface area contributed by atoms with E-state index in [1.807, 2.05) is 7.05 Å². The lowest BCUT2D eigenvalue weighted by molar-refractivity contribution is 0.424. The van der Waals surface area contributed by atoms with Crippen LogP contribution in [-0.2, 0) is 13.6 Å². The molecule has 0 unspecified atom stereocenters. The van der Waals surface area contributed by atoms with Crippen LogP contribution in [0.3, 0.4) is 0 Å². The summed E-state index contributed by atoms with van der Waals surface area (Å²) < 4.78 is 2.07. The highest BCUT2D eigenvalue weighted by Crippen LogP contribution is 2.03. The number of hydrogen-bond acceptors (Lipinski definition) is 1. The molecule has 0 atom stereocenters. The second-order valence-corrected chi connectivity index (χ2v) is 4.29. The van der Waals surface area contributed by atoms with Gasteiger partial charge in [-0.05, 0) is 32.4 Å². The van der Waals surface area contributed by atoms with E-state index in [-0.39, 0.29) is 5.54 Å². The van der Waals surface area contributed by atoms with Gasteiger partial charge in [0.05, 0.1) is 0 Å². The highest BCUT2D eigenvalue weighted by Gasteiger charge is 2.07. The monoisotopic (exact) mass is 166 g/mol. The summed E-state index contributed by atoms with van der Waals surface area (Å²) in [4.78, 5) is 0. The lowest BCUT2D eigenvalue weighted by Crippen LogP contribution is -2.34. The van der Waals surface area contributed by atoms with Gasteiger partial charge in [-0.2, -0.15) is 0 Å². The smallest absolute Gasteiger partial charge is 0.0225 e. The van der Waals surface area contributed by atoms with Gasteiger partial charge in [0, 0.05) is 31.5 Å². The second-order valence-electron chi connectivity index (χ2n) is 4.29. The lowest BCUT2D eigenvalue weighted by atomic mass is 10.1. The van der Waals surface area contributed by atoms with Gasteiger partial charge < -0.3 is 9.88 Å². The molecule has 0 bridgehead atoms.